The zero-order chi connectivity index (χ0) is 16.3. The Balaban J connectivity index is 1.71. The van der Waals surface area contributed by atoms with Gasteiger partial charge in [0, 0.05) is 11.0 Å². The lowest BCUT2D eigenvalue weighted by Crippen LogP contribution is -2.52. The summed E-state index contributed by atoms with van der Waals surface area (Å²) in [4.78, 5) is 12.5. The third-order valence-electron chi connectivity index (χ3n) is 6.68. The van der Waals surface area contributed by atoms with Crippen LogP contribution in [0.1, 0.15) is 97.3 Å². The molecule has 0 amide bonds. The van der Waals surface area contributed by atoms with Gasteiger partial charge in [-0.15, -0.1) is 0 Å². The molecular weight excluding hydrogens is 284 g/mol. The fraction of sp³-hybridized carbons (Fsp3) is 0.857. The smallest absolute Gasteiger partial charge is 0.334 e. The van der Waals surface area contributed by atoms with Crippen molar-refractivity contribution in [2.45, 2.75) is 103 Å². The molecule has 0 aromatic carbocycles. The summed E-state index contributed by atoms with van der Waals surface area (Å²) < 4.78 is 5.94. The van der Waals surface area contributed by atoms with E-state index >= 15 is 0 Å². The van der Waals surface area contributed by atoms with Gasteiger partial charge in [0.05, 0.1) is 0 Å². The summed E-state index contributed by atoms with van der Waals surface area (Å²) in [5.41, 5.74) is 2.90. The SMILES string of the molecule is CCCCCCC1=C2C[C@H]3CC[C@@H](OC1=O)[C@@]23CCCCCC. The van der Waals surface area contributed by atoms with Crippen molar-refractivity contribution in [1.29, 1.82) is 0 Å². The topological polar surface area (TPSA) is 26.3 Å². The summed E-state index contributed by atoms with van der Waals surface area (Å²) in [6.07, 6.45) is 16.2. The Labute approximate surface area is 142 Å². The molecule has 2 fully saturated rings. The molecule has 130 valence electrons. The maximum atomic E-state index is 12.5. The fourth-order valence-corrected chi connectivity index (χ4v) is 5.39. The highest BCUT2D eigenvalue weighted by Gasteiger charge is 2.63. The molecule has 0 aromatic heterocycles. The first-order valence-electron chi connectivity index (χ1n) is 10.2. The summed E-state index contributed by atoms with van der Waals surface area (Å²) in [6, 6.07) is 0. The predicted octanol–water partition coefficient (Wildman–Crippen LogP) is 5.95. The largest absolute Gasteiger partial charge is 0.458 e. The number of carbonyl (C=O) groups excluding carboxylic acids is 1. The van der Waals surface area contributed by atoms with Crippen LogP contribution in [-0.2, 0) is 9.53 Å². The number of carbonyl (C=O) groups is 1. The molecule has 0 spiro atoms. The highest BCUT2D eigenvalue weighted by Crippen LogP contribution is 2.67. The third kappa shape index (κ3) is 2.98. The van der Waals surface area contributed by atoms with Crippen LogP contribution in [0.25, 0.3) is 0 Å². The van der Waals surface area contributed by atoms with E-state index in [2.05, 4.69) is 13.8 Å². The maximum Gasteiger partial charge on any atom is 0.334 e. The van der Waals surface area contributed by atoms with E-state index in [-0.39, 0.29) is 17.5 Å². The van der Waals surface area contributed by atoms with Crippen LogP contribution in [0, 0.1) is 11.3 Å². The summed E-state index contributed by atoms with van der Waals surface area (Å²) in [6.45, 7) is 4.51. The highest BCUT2D eigenvalue weighted by atomic mass is 16.5. The van der Waals surface area contributed by atoms with Gasteiger partial charge in [-0.1, -0.05) is 58.8 Å². The minimum absolute atomic E-state index is 0.0334. The van der Waals surface area contributed by atoms with E-state index in [0.717, 1.165) is 30.8 Å². The van der Waals surface area contributed by atoms with Gasteiger partial charge in [-0.3, -0.25) is 0 Å². The number of ether oxygens (including phenoxy) is 1. The predicted molar refractivity (Wildman–Crippen MR) is 94.2 cm³/mol. The Morgan fingerprint density at radius 3 is 2.48 bits per heavy atom. The van der Waals surface area contributed by atoms with E-state index in [1.54, 1.807) is 0 Å². The van der Waals surface area contributed by atoms with Crippen LogP contribution in [0.15, 0.2) is 11.1 Å². The molecular formula is C21H34O2. The van der Waals surface area contributed by atoms with E-state index in [9.17, 15) is 4.79 Å². The minimum Gasteiger partial charge on any atom is -0.458 e. The average Bonchev–Trinajstić information content (AvgIpc) is 2.83. The third-order valence-corrected chi connectivity index (χ3v) is 6.68. The zero-order valence-corrected chi connectivity index (χ0v) is 15.2. The van der Waals surface area contributed by atoms with E-state index in [0.29, 0.717) is 0 Å². The van der Waals surface area contributed by atoms with Crippen LogP contribution < -0.4 is 0 Å². The second kappa shape index (κ2) is 7.40. The van der Waals surface area contributed by atoms with Gasteiger partial charge >= 0.3 is 5.97 Å². The number of esters is 1. The first-order valence-corrected chi connectivity index (χ1v) is 10.2. The van der Waals surface area contributed by atoms with Crippen LogP contribution in [0.5, 0.6) is 0 Å². The Bertz CT molecular complexity index is 464. The van der Waals surface area contributed by atoms with Gasteiger partial charge < -0.3 is 4.74 Å². The fourth-order valence-electron chi connectivity index (χ4n) is 5.39. The van der Waals surface area contributed by atoms with Crippen molar-refractivity contribution in [3.05, 3.63) is 11.1 Å². The molecule has 0 aromatic rings. The van der Waals surface area contributed by atoms with Crippen LogP contribution in [-0.4, -0.2) is 12.1 Å². The van der Waals surface area contributed by atoms with Crippen molar-refractivity contribution >= 4 is 5.97 Å². The highest BCUT2D eigenvalue weighted by molar-refractivity contribution is 5.91. The summed E-state index contributed by atoms with van der Waals surface area (Å²) in [5, 5.41) is 0. The number of hydrogen-bond acceptors (Lipinski definition) is 2. The Kier molecular flexibility index (Phi) is 5.49. The molecule has 1 aliphatic heterocycles. The first kappa shape index (κ1) is 17.0. The monoisotopic (exact) mass is 318 g/mol. The number of unbranched alkanes of at least 4 members (excludes halogenated alkanes) is 6. The molecule has 3 atom stereocenters. The van der Waals surface area contributed by atoms with E-state index in [4.69, 9.17) is 4.74 Å². The lowest BCUT2D eigenvalue weighted by atomic mass is 9.53. The van der Waals surface area contributed by atoms with Crippen LogP contribution in [0.2, 0.25) is 0 Å². The van der Waals surface area contributed by atoms with E-state index < -0.39 is 0 Å². The van der Waals surface area contributed by atoms with Crippen molar-refractivity contribution in [2.75, 3.05) is 0 Å². The molecule has 23 heavy (non-hydrogen) atoms. The molecule has 3 rings (SSSR count). The van der Waals surface area contributed by atoms with Gasteiger partial charge in [0.1, 0.15) is 6.10 Å². The maximum absolute atomic E-state index is 12.5. The zero-order valence-electron chi connectivity index (χ0n) is 15.2. The van der Waals surface area contributed by atoms with Gasteiger partial charge in [-0.2, -0.15) is 0 Å². The van der Waals surface area contributed by atoms with E-state index in [1.807, 2.05) is 0 Å². The van der Waals surface area contributed by atoms with Crippen molar-refractivity contribution in [2.24, 2.45) is 11.3 Å². The molecule has 2 nitrogen and oxygen atoms in total. The summed E-state index contributed by atoms with van der Waals surface area (Å²) >= 11 is 0. The van der Waals surface area contributed by atoms with Crippen molar-refractivity contribution in [3.8, 4) is 0 Å². The van der Waals surface area contributed by atoms with Gasteiger partial charge in [-0.25, -0.2) is 4.79 Å². The normalized spacial score (nSPS) is 31.8. The lowest BCUT2D eigenvalue weighted by Gasteiger charge is -2.54. The second-order valence-electron chi connectivity index (χ2n) is 7.99. The molecule has 0 saturated heterocycles. The molecule has 3 aliphatic rings. The Morgan fingerprint density at radius 2 is 1.74 bits per heavy atom. The van der Waals surface area contributed by atoms with Crippen molar-refractivity contribution < 1.29 is 9.53 Å². The quantitative estimate of drug-likeness (QED) is 0.367. The number of hydrogen-bond donors (Lipinski definition) is 0. The average molecular weight is 319 g/mol. The molecule has 0 N–H and O–H groups in total. The Hall–Kier alpha value is -0.790. The van der Waals surface area contributed by atoms with Crippen molar-refractivity contribution in [3.63, 3.8) is 0 Å². The van der Waals surface area contributed by atoms with Gasteiger partial charge in [-0.05, 0) is 50.0 Å². The van der Waals surface area contributed by atoms with Gasteiger partial charge in [0.25, 0.3) is 0 Å². The molecule has 2 aliphatic carbocycles. The van der Waals surface area contributed by atoms with Crippen molar-refractivity contribution in [1.82, 2.24) is 0 Å². The van der Waals surface area contributed by atoms with Gasteiger partial charge in [0.15, 0.2) is 0 Å². The molecule has 2 heteroatoms. The molecule has 0 radical (unpaired) electrons. The van der Waals surface area contributed by atoms with Gasteiger partial charge in [0.2, 0.25) is 0 Å². The van der Waals surface area contributed by atoms with Crippen LogP contribution in [0.3, 0.4) is 0 Å². The summed E-state index contributed by atoms with van der Waals surface area (Å²) in [5.74, 6) is 0.842. The second-order valence-corrected chi connectivity index (χ2v) is 7.99. The standard InChI is InChI=1S/C21H34O2/c1-3-5-7-9-11-17-18-15-16-12-13-19(23-20(17)22)21(16,18)14-10-8-6-4-2/h16,19H,3-15H2,1-2H3/t16-,19-,21-/m1/s1. The molecule has 2 saturated carbocycles. The first-order chi connectivity index (χ1) is 11.2. The number of rotatable bonds is 10. The molecule has 0 bridgehead atoms. The summed E-state index contributed by atoms with van der Waals surface area (Å²) in [7, 11) is 0. The molecule has 0 unspecified atom stereocenters. The van der Waals surface area contributed by atoms with Crippen LogP contribution >= 0.6 is 0 Å². The molecule has 1 heterocycles. The minimum atomic E-state index is 0.0334. The van der Waals surface area contributed by atoms with E-state index in [1.165, 1.54) is 69.8 Å². The lowest BCUT2D eigenvalue weighted by molar-refractivity contribution is -0.157. The van der Waals surface area contributed by atoms with Crippen LogP contribution in [0.4, 0.5) is 0 Å². The Morgan fingerprint density at radius 1 is 1.00 bits per heavy atom.